The summed E-state index contributed by atoms with van der Waals surface area (Å²) in [7, 11) is 0. The third kappa shape index (κ3) is 1.13. The Kier molecular flexibility index (Phi) is 1.68. The molecule has 0 aliphatic heterocycles. The Bertz CT molecular complexity index is 286. The van der Waals surface area contributed by atoms with E-state index >= 15 is 0 Å². The van der Waals surface area contributed by atoms with Gasteiger partial charge in [-0.05, 0) is 12.0 Å². The van der Waals surface area contributed by atoms with Crippen molar-refractivity contribution in [3.05, 3.63) is 23.8 Å². The van der Waals surface area contributed by atoms with Crippen molar-refractivity contribution in [1.82, 2.24) is 9.97 Å². The molecule has 0 N–H and O–H groups in total. The Morgan fingerprint density at radius 1 is 1.30 bits per heavy atom. The number of terminal acetylenes is 2. The highest BCUT2D eigenvalue weighted by Gasteiger charge is 1.89. The van der Waals surface area contributed by atoms with Crippen molar-refractivity contribution < 1.29 is 0 Å². The maximum Gasteiger partial charge on any atom is 0.205 e. The van der Waals surface area contributed by atoms with Crippen LogP contribution in [0.25, 0.3) is 0 Å². The van der Waals surface area contributed by atoms with Crippen LogP contribution in [0, 0.1) is 24.7 Å². The highest BCUT2D eigenvalue weighted by molar-refractivity contribution is 5.26. The first-order valence-electron chi connectivity index (χ1n) is 2.63. The van der Waals surface area contributed by atoms with Crippen LogP contribution in [0.4, 0.5) is 0 Å². The normalized spacial score (nSPS) is 7.80. The van der Waals surface area contributed by atoms with Gasteiger partial charge in [0.25, 0.3) is 0 Å². The number of aromatic nitrogens is 2. The molecule has 0 aromatic carbocycles. The van der Waals surface area contributed by atoms with Crippen molar-refractivity contribution in [3.63, 3.8) is 0 Å². The quantitative estimate of drug-likeness (QED) is 0.474. The highest BCUT2D eigenvalue weighted by atomic mass is 14.9. The summed E-state index contributed by atoms with van der Waals surface area (Å²) in [6, 6.07) is 1.63. The molecule has 0 bridgehead atoms. The molecule has 0 atom stereocenters. The van der Waals surface area contributed by atoms with E-state index in [-0.39, 0.29) is 0 Å². The molecule has 0 spiro atoms. The lowest BCUT2D eigenvalue weighted by Crippen LogP contribution is -1.89. The Hall–Kier alpha value is -1.80. The number of nitrogens with zero attached hydrogens (tertiary/aromatic N) is 2. The van der Waals surface area contributed by atoms with E-state index in [1.165, 1.54) is 6.20 Å². The SMILES string of the molecule is C#Cc1ccnc(C#C)n1. The Labute approximate surface area is 59.3 Å². The molecule has 0 unspecified atom stereocenters. The van der Waals surface area contributed by atoms with E-state index in [0.29, 0.717) is 11.5 Å². The summed E-state index contributed by atoms with van der Waals surface area (Å²) in [5.41, 5.74) is 0.517. The van der Waals surface area contributed by atoms with Crippen LogP contribution >= 0.6 is 0 Å². The summed E-state index contributed by atoms with van der Waals surface area (Å²) in [5, 5.41) is 0. The monoisotopic (exact) mass is 128 g/mol. The number of hydrogen-bond donors (Lipinski definition) is 0. The molecule has 1 rings (SSSR count). The molecule has 0 radical (unpaired) electrons. The van der Waals surface area contributed by atoms with Crippen molar-refractivity contribution in [3.8, 4) is 24.7 Å². The molecule has 10 heavy (non-hydrogen) atoms. The van der Waals surface area contributed by atoms with Crippen LogP contribution < -0.4 is 0 Å². The highest BCUT2D eigenvalue weighted by Crippen LogP contribution is 1.90. The van der Waals surface area contributed by atoms with Gasteiger partial charge in [0.2, 0.25) is 5.82 Å². The molecule has 0 aliphatic carbocycles. The van der Waals surface area contributed by atoms with E-state index in [2.05, 4.69) is 21.8 Å². The molecular weight excluding hydrogens is 124 g/mol. The van der Waals surface area contributed by atoms with Gasteiger partial charge in [0.1, 0.15) is 5.69 Å². The smallest absolute Gasteiger partial charge is 0.205 e. The number of hydrogen-bond acceptors (Lipinski definition) is 2. The van der Waals surface area contributed by atoms with Crippen LogP contribution in [0.3, 0.4) is 0 Å². The van der Waals surface area contributed by atoms with Crippen LogP contribution in [-0.2, 0) is 0 Å². The minimum absolute atomic E-state index is 0.329. The van der Waals surface area contributed by atoms with Gasteiger partial charge < -0.3 is 0 Å². The van der Waals surface area contributed by atoms with Crippen molar-refractivity contribution in [1.29, 1.82) is 0 Å². The molecule has 2 nitrogen and oxygen atoms in total. The molecule has 0 saturated heterocycles. The van der Waals surface area contributed by atoms with Gasteiger partial charge in [0, 0.05) is 6.20 Å². The van der Waals surface area contributed by atoms with Crippen LogP contribution in [0.2, 0.25) is 0 Å². The van der Waals surface area contributed by atoms with E-state index < -0.39 is 0 Å². The van der Waals surface area contributed by atoms with Gasteiger partial charge in [0.15, 0.2) is 0 Å². The van der Waals surface area contributed by atoms with E-state index in [1.807, 2.05) is 0 Å². The maximum absolute atomic E-state index is 5.06. The molecule has 1 aromatic heterocycles. The lowest BCUT2D eigenvalue weighted by Gasteiger charge is -1.88. The third-order valence-electron chi connectivity index (χ3n) is 0.933. The van der Waals surface area contributed by atoms with Crippen LogP contribution in [0.15, 0.2) is 12.3 Å². The van der Waals surface area contributed by atoms with Crippen molar-refractivity contribution in [2.75, 3.05) is 0 Å². The molecule has 2 heteroatoms. The molecular formula is C8H4N2. The fourth-order valence-corrected chi connectivity index (χ4v) is 0.509. The minimum Gasteiger partial charge on any atom is -0.229 e. The Morgan fingerprint density at radius 2 is 2.10 bits per heavy atom. The summed E-state index contributed by atoms with van der Waals surface area (Å²) < 4.78 is 0. The first kappa shape index (κ1) is 6.32. The van der Waals surface area contributed by atoms with Gasteiger partial charge in [-0.15, -0.1) is 12.8 Å². The summed E-state index contributed by atoms with van der Waals surface area (Å²) in [6.07, 6.45) is 11.6. The van der Waals surface area contributed by atoms with E-state index in [0.717, 1.165) is 0 Å². The minimum atomic E-state index is 0.329. The molecule has 0 amide bonds. The summed E-state index contributed by atoms with van der Waals surface area (Å²) in [5.74, 6) is 4.97. The van der Waals surface area contributed by atoms with Crippen molar-refractivity contribution in [2.45, 2.75) is 0 Å². The Balaban J connectivity index is 3.17. The van der Waals surface area contributed by atoms with Gasteiger partial charge in [-0.2, -0.15) is 0 Å². The first-order valence-corrected chi connectivity index (χ1v) is 2.63. The molecule has 0 saturated carbocycles. The summed E-state index contributed by atoms with van der Waals surface area (Å²) in [6.45, 7) is 0. The van der Waals surface area contributed by atoms with Crippen LogP contribution in [0.5, 0.6) is 0 Å². The Morgan fingerprint density at radius 3 is 2.70 bits per heavy atom. The van der Waals surface area contributed by atoms with E-state index in [1.54, 1.807) is 6.07 Å². The average Bonchev–Trinajstić information content (AvgIpc) is 2.05. The molecule has 1 heterocycles. The lowest BCUT2D eigenvalue weighted by atomic mass is 10.4. The topological polar surface area (TPSA) is 25.8 Å². The predicted molar refractivity (Wildman–Crippen MR) is 37.9 cm³/mol. The standard InChI is InChI=1S/C8H4N2/c1-3-7-5-6-9-8(4-2)10-7/h1-2,5-6H. The molecule has 0 fully saturated rings. The third-order valence-corrected chi connectivity index (χ3v) is 0.933. The van der Waals surface area contributed by atoms with Gasteiger partial charge in [-0.1, -0.05) is 5.92 Å². The zero-order valence-electron chi connectivity index (χ0n) is 5.20. The van der Waals surface area contributed by atoms with Crippen LogP contribution in [0.1, 0.15) is 11.5 Å². The summed E-state index contributed by atoms with van der Waals surface area (Å²) in [4.78, 5) is 7.59. The fourth-order valence-electron chi connectivity index (χ4n) is 0.509. The second kappa shape index (κ2) is 2.66. The van der Waals surface area contributed by atoms with Crippen LogP contribution in [-0.4, -0.2) is 9.97 Å². The number of rotatable bonds is 0. The van der Waals surface area contributed by atoms with Gasteiger partial charge in [-0.3, -0.25) is 0 Å². The molecule has 0 aliphatic rings. The largest absolute Gasteiger partial charge is 0.229 e. The fraction of sp³-hybridized carbons (Fsp3) is 0. The predicted octanol–water partition coefficient (Wildman–Crippen LogP) is 0.439. The van der Waals surface area contributed by atoms with E-state index in [9.17, 15) is 0 Å². The van der Waals surface area contributed by atoms with Crippen molar-refractivity contribution >= 4 is 0 Å². The molecule has 1 aromatic rings. The second-order valence-electron chi connectivity index (χ2n) is 1.55. The lowest BCUT2D eigenvalue weighted by molar-refractivity contribution is 1.11. The molecule has 46 valence electrons. The van der Waals surface area contributed by atoms with E-state index in [4.69, 9.17) is 12.8 Å². The second-order valence-corrected chi connectivity index (χ2v) is 1.55. The zero-order chi connectivity index (χ0) is 7.40. The zero-order valence-corrected chi connectivity index (χ0v) is 5.20. The van der Waals surface area contributed by atoms with Gasteiger partial charge >= 0.3 is 0 Å². The maximum atomic E-state index is 5.06. The van der Waals surface area contributed by atoms with Gasteiger partial charge in [0.05, 0.1) is 0 Å². The van der Waals surface area contributed by atoms with Crippen molar-refractivity contribution in [2.24, 2.45) is 0 Å². The van der Waals surface area contributed by atoms with Gasteiger partial charge in [-0.25, -0.2) is 9.97 Å². The summed E-state index contributed by atoms with van der Waals surface area (Å²) >= 11 is 0. The average molecular weight is 128 g/mol. The first-order chi connectivity index (χ1) is 4.86.